The van der Waals surface area contributed by atoms with Gasteiger partial charge in [-0.05, 0) is 26.8 Å². The van der Waals surface area contributed by atoms with Gasteiger partial charge in [0.1, 0.15) is 0 Å². The molecule has 2 aromatic heterocycles. The molecule has 0 radical (unpaired) electrons. The Morgan fingerprint density at radius 1 is 1.39 bits per heavy atom. The number of pyridine rings is 1. The lowest BCUT2D eigenvalue weighted by atomic mass is 10.1. The van der Waals surface area contributed by atoms with E-state index >= 15 is 0 Å². The van der Waals surface area contributed by atoms with Crippen molar-refractivity contribution in [2.24, 2.45) is 0 Å². The summed E-state index contributed by atoms with van der Waals surface area (Å²) < 4.78 is 1.82. The van der Waals surface area contributed by atoms with Crippen molar-refractivity contribution >= 4 is 5.97 Å². The second kappa shape index (κ2) is 4.60. The lowest BCUT2D eigenvalue weighted by molar-refractivity contribution is 0.0691. The summed E-state index contributed by atoms with van der Waals surface area (Å²) in [5, 5.41) is 13.5. The maximum Gasteiger partial charge on any atom is 0.355 e. The monoisotopic (exact) mass is 245 g/mol. The highest BCUT2D eigenvalue weighted by molar-refractivity contribution is 5.94. The number of carboxylic acid groups (broad SMARTS) is 1. The van der Waals surface area contributed by atoms with Crippen LogP contribution >= 0.6 is 0 Å². The second-order valence-corrected chi connectivity index (χ2v) is 4.41. The molecule has 0 spiro atoms. The molecule has 0 bridgehead atoms. The smallest absolute Gasteiger partial charge is 0.355 e. The molecule has 0 amide bonds. The molecule has 0 saturated heterocycles. The van der Waals surface area contributed by atoms with Gasteiger partial charge in [0.05, 0.1) is 5.69 Å². The van der Waals surface area contributed by atoms with E-state index in [1.165, 1.54) is 6.20 Å². The molecule has 0 atom stereocenters. The fraction of sp³-hybridized carbons (Fsp3) is 0.308. The van der Waals surface area contributed by atoms with Gasteiger partial charge >= 0.3 is 5.97 Å². The summed E-state index contributed by atoms with van der Waals surface area (Å²) in [6.07, 6.45) is 3.35. The van der Waals surface area contributed by atoms with Crippen molar-refractivity contribution in [1.29, 1.82) is 0 Å². The van der Waals surface area contributed by atoms with Crippen LogP contribution in [0.2, 0.25) is 0 Å². The molecule has 2 heterocycles. The number of hydrogen-bond donors (Lipinski definition) is 1. The number of rotatable bonds is 3. The normalized spacial score (nSPS) is 10.9. The van der Waals surface area contributed by atoms with Gasteiger partial charge in [0, 0.05) is 29.6 Å². The molecule has 2 aromatic rings. The van der Waals surface area contributed by atoms with E-state index in [1.807, 2.05) is 31.6 Å². The largest absolute Gasteiger partial charge is 0.476 e. The van der Waals surface area contributed by atoms with Crippen molar-refractivity contribution in [3.05, 3.63) is 35.9 Å². The van der Waals surface area contributed by atoms with Crippen LogP contribution in [0.25, 0.3) is 11.1 Å². The molecule has 0 aliphatic carbocycles. The standard InChI is InChI=1S/C13H15N3O2/c1-8(2)16-7-11(9(3)15-16)10-5-4-6-14-12(10)13(17)18/h4-8H,1-3H3,(H,17,18). The minimum absolute atomic E-state index is 0.0592. The van der Waals surface area contributed by atoms with Gasteiger partial charge in [-0.25, -0.2) is 9.78 Å². The van der Waals surface area contributed by atoms with E-state index in [2.05, 4.69) is 10.1 Å². The van der Waals surface area contributed by atoms with E-state index in [0.29, 0.717) is 5.56 Å². The molecule has 0 aliphatic heterocycles. The first-order valence-electron chi connectivity index (χ1n) is 5.75. The number of carboxylic acids is 1. The number of aromatic nitrogens is 3. The van der Waals surface area contributed by atoms with E-state index in [4.69, 9.17) is 5.11 Å². The van der Waals surface area contributed by atoms with Crippen LogP contribution in [0.4, 0.5) is 0 Å². The van der Waals surface area contributed by atoms with Gasteiger partial charge < -0.3 is 5.11 Å². The lowest BCUT2D eigenvalue weighted by Crippen LogP contribution is -2.02. The maximum atomic E-state index is 11.2. The Labute approximate surface area is 105 Å². The summed E-state index contributed by atoms with van der Waals surface area (Å²) in [4.78, 5) is 15.1. The number of nitrogens with zero attached hydrogens (tertiary/aromatic N) is 3. The van der Waals surface area contributed by atoms with E-state index in [9.17, 15) is 4.79 Å². The summed E-state index contributed by atoms with van der Waals surface area (Å²) in [5.74, 6) is -1.03. The Hall–Kier alpha value is -2.17. The molecule has 1 N–H and O–H groups in total. The molecule has 5 heteroatoms. The zero-order chi connectivity index (χ0) is 13.3. The highest BCUT2D eigenvalue weighted by Gasteiger charge is 2.17. The van der Waals surface area contributed by atoms with Gasteiger partial charge in [-0.2, -0.15) is 5.10 Å². The SMILES string of the molecule is Cc1nn(C(C)C)cc1-c1cccnc1C(=O)O. The molecule has 94 valence electrons. The van der Waals surface area contributed by atoms with Crippen LogP contribution in [0, 0.1) is 6.92 Å². The zero-order valence-corrected chi connectivity index (χ0v) is 10.6. The first-order valence-corrected chi connectivity index (χ1v) is 5.75. The average molecular weight is 245 g/mol. The zero-order valence-electron chi connectivity index (χ0n) is 10.6. The Morgan fingerprint density at radius 2 is 2.11 bits per heavy atom. The molecular formula is C13H15N3O2. The van der Waals surface area contributed by atoms with Crippen molar-refractivity contribution in [3.63, 3.8) is 0 Å². The molecule has 0 saturated carbocycles. The Balaban J connectivity index is 2.58. The van der Waals surface area contributed by atoms with Crippen LogP contribution in [-0.2, 0) is 0 Å². The van der Waals surface area contributed by atoms with Crippen LogP contribution in [0.15, 0.2) is 24.5 Å². The van der Waals surface area contributed by atoms with Gasteiger partial charge in [-0.1, -0.05) is 6.07 Å². The third kappa shape index (κ3) is 2.11. The van der Waals surface area contributed by atoms with Crippen molar-refractivity contribution in [3.8, 4) is 11.1 Å². The Bertz CT molecular complexity index is 588. The van der Waals surface area contributed by atoms with Gasteiger partial charge in [0.2, 0.25) is 0 Å². The van der Waals surface area contributed by atoms with E-state index < -0.39 is 5.97 Å². The molecule has 0 aliphatic rings. The Kier molecular flexibility index (Phi) is 3.14. The van der Waals surface area contributed by atoms with Crippen molar-refractivity contribution in [2.75, 3.05) is 0 Å². The maximum absolute atomic E-state index is 11.2. The Morgan fingerprint density at radius 3 is 2.67 bits per heavy atom. The average Bonchev–Trinajstić information content (AvgIpc) is 2.71. The fourth-order valence-corrected chi connectivity index (χ4v) is 1.80. The number of carbonyl (C=O) groups is 1. The van der Waals surface area contributed by atoms with Gasteiger partial charge in [0.15, 0.2) is 5.69 Å². The summed E-state index contributed by atoms with van der Waals surface area (Å²) in [5.41, 5.74) is 2.28. The molecule has 5 nitrogen and oxygen atoms in total. The first kappa shape index (κ1) is 12.3. The summed E-state index contributed by atoms with van der Waals surface area (Å²) in [7, 11) is 0. The van der Waals surface area contributed by atoms with Crippen molar-refractivity contribution in [2.45, 2.75) is 26.8 Å². The third-order valence-corrected chi connectivity index (χ3v) is 2.75. The van der Waals surface area contributed by atoms with Gasteiger partial charge in [-0.15, -0.1) is 0 Å². The summed E-state index contributed by atoms with van der Waals surface area (Å²) in [6, 6.07) is 3.72. The quantitative estimate of drug-likeness (QED) is 0.902. The van der Waals surface area contributed by atoms with Crippen LogP contribution < -0.4 is 0 Å². The number of hydrogen-bond acceptors (Lipinski definition) is 3. The second-order valence-electron chi connectivity index (χ2n) is 4.41. The topological polar surface area (TPSA) is 68.0 Å². The number of aromatic carboxylic acids is 1. The lowest BCUT2D eigenvalue weighted by Gasteiger charge is -2.04. The number of aryl methyl sites for hydroxylation is 1. The predicted molar refractivity (Wildman–Crippen MR) is 67.5 cm³/mol. The van der Waals surface area contributed by atoms with Gasteiger partial charge in [0.25, 0.3) is 0 Å². The van der Waals surface area contributed by atoms with Gasteiger partial charge in [-0.3, -0.25) is 4.68 Å². The molecule has 18 heavy (non-hydrogen) atoms. The van der Waals surface area contributed by atoms with Crippen LogP contribution in [-0.4, -0.2) is 25.8 Å². The molecule has 2 rings (SSSR count). The molecule has 0 aromatic carbocycles. The van der Waals surface area contributed by atoms with Crippen molar-refractivity contribution < 1.29 is 9.90 Å². The minimum Gasteiger partial charge on any atom is -0.476 e. The summed E-state index contributed by atoms with van der Waals surface area (Å²) in [6.45, 7) is 5.92. The van der Waals surface area contributed by atoms with E-state index in [1.54, 1.807) is 12.1 Å². The molecule has 0 fully saturated rings. The van der Waals surface area contributed by atoms with Crippen molar-refractivity contribution in [1.82, 2.24) is 14.8 Å². The highest BCUT2D eigenvalue weighted by atomic mass is 16.4. The highest BCUT2D eigenvalue weighted by Crippen LogP contribution is 2.26. The summed E-state index contributed by atoms with van der Waals surface area (Å²) >= 11 is 0. The molecular weight excluding hydrogens is 230 g/mol. The third-order valence-electron chi connectivity index (χ3n) is 2.75. The minimum atomic E-state index is -1.03. The molecule has 0 unspecified atom stereocenters. The van der Waals surface area contributed by atoms with Crippen LogP contribution in [0.3, 0.4) is 0 Å². The fourth-order valence-electron chi connectivity index (χ4n) is 1.80. The van der Waals surface area contributed by atoms with Crippen LogP contribution in [0.5, 0.6) is 0 Å². The van der Waals surface area contributed by atoms with E-state index in [0.717, 1.165) is 11.3 Å². The van der Waals surface area contributed by atoms with E-state index in [-0.39, 0.29) is 11.7 Å². The first-order chi connectivity index (χ1) is 8.50. The van der Waals surface area contributed by atoms with Crippen LogP contribution in [0.1, 0.15) is 36.1 Å². The predicted octanol–water partition coefficient (Wildman–Crippen LogP) is 2.53.